The van der Waals surface area contributed by atoms with Gasteiger partial charge in [0.25, 0.3) is 0 Å². The lowest BCUT2D eigenvalue weighted by Gasteiger charge is -2.16. The highest BCUT2D eigenvalue weighted by Gasteiger charge is 2.39. The Balaban J connectivity index is 1.75. The van der Waals surface area contributed by atoms with Crippen LogP contribution in [0.2, 0.25) is 0 Å². The summed E-state index contributed by atoms with van der Waals surface area (Å²) in [5.41, 5.74) is 1.12. The summed E-state index contributed by atoms with van der Waals surface area (Å²) >= 11 is 0. The van der Waals surface area contributed by atoms with E-state index in [4.69, 9.17) is 18.9 Å². The highest BCUT2D eigenvalue weighted by molar-refractivity contribution is 5.26. The van der Waals surface area contributed by atoms with E-state index in [1.807, 2.05) is 38.1 Å². The molecule has 0 aliphatic carbocycles. The second kappa shape index (κ2) is 11.5. The van der Waals surface area contributed by atoms with Gasteiger partial charge in [-0.1, -0.05) is 56.9 Å². The van der Waals surface area contributed by atoms with Crippen LogP contribution in [0.15, 0.2) is 36.4 Å². The molecule has 0 bridgehead atoms. The van der Waals surface area contributed by atoms with Gasteiger partial charge < -0.3 is 18.9 Å². The van der Waals surface area contributed by atoms with Crippen molar-refractivity contribution in [2.45, 2.75) is 83.9 Å². The molecule has 0 spiro atoms. The summed E-state index contributed by atoms with van der Waals surface area (Å²) < 4.78 is 23.1. The fraction of sp³-hybridized carbons (Fsp3) is 0.652. The molecule has 0 amide bonds. The summed E-state index contributed by atoms with van der Waals surface area (Å²) in [7, 11) is 1.67. The molecule has 1 saturated heterocycles. The van der Waals surface area contributed by atoms with E-state index in [-0.39, 0.29) is 12.2 Å². The van der Waals surface area contributed by atoms with E-state index in [2.05, 4.69) is 19.1 Å². The maximum absolute atomic E-state index is 6.03. The van der Waals surface area contributed by atoms with Gasteiger partial charge >= 0.3 is 0 Å². The lowest BCUT2D eigenvalue weighted by Crippen LogP contribution is -2.26. The van der Waals surface area contributed by atoms with E-state index in [1.165, 1.54) is 32.1 Å². The number of ether oxygens (including phenoxy) is 4. The monoisotopic (exact) mass is 376 g/mol. The van der Waals surface area contributed by atoms with Crippen molar-refractivity contribution in [2.24, 2.45) is 0 Å². The van der Waals surface area contributed by atoms with Crippen LogP contribution in [0, 0.1) is 0 Å². The summed E-state index contributed by atoms with van der Waals surface area (Å²) in [4.78, 5) is 0. The number of benzene rings is 1. The van der Waals surface area contributed by atoms with Crippen molar-refractivity contribution in [3.63, 3.8) is 0 Å². The highest BCUT2D eigenvalue weighted by Crippen LogP contribution is 2.29. The van der Waals surface area contributed by atoms with Gasteiger partial charge in [0.1, 0.15) is 18.0 Å². The van der Waals surface area contributed by atoms with E-state index in [9.17, 15) is 0 Å². The topological polar surface area (TPSA) is 36.9 Å². The highest BCUT2D eigenvalue weighted by atomic mass is 16.8. The lowest BCUT2D eigenvalue weighted by molar-refractivity contribution is -0.148. The summed E-state index contributed by atoms with van der Waals surface area (Å²) in [5.74, 6) is 0.289. The van der Waals surface area contributed by atoms with Crippen LogP contribution in [-0.4, -0.2) is 31.7 Å². The standard InChI is InChI=1S/C23H36O4/c1-5-6-7-8-9-10-11-12-21-22(27-23(2,3)26-21)18-25-17-19-13-15-20(24-4)16-14-19/h11-16,21-22H,5-10,17-18H2,1-4H3/b12-11-/t21-,22-/m0/s1. The second-order valence-electron chi connectivity index (χ2n) is 7.63. The van der Waals surface area contributed by atoms with Gasteiger partial charge in [-0.05, 0) is 44.4 Å². The fourth-order valence-electron chi connectivity index (χ4n) is 3.27. The van der Waals surface area contributed by atoms with Crippen LogP contribution in [-0.2, 0) is 20.8 Å². The van der Waals surface area contributed by atoms with E-state index >= 15 is 0 Å². The molecule has 1 heterocycles. The Labute approximate surface area is 164 Å². The van der Waals surface area contributed by atoms with Crippen LogP contribution >= 0.6 is 0 Å². The number of allylic oxidation sites excluding steroid dienone is 1. The molecule has 0 saturated carbocycles. The van der Waals surface area contributed by atoms with E-state index < -0.39 is 5.79 Å². The van der Waals surface area contributed by atoms with Crippen LogP contribution in [0.5, 0.6) is 5.75 Å². The zero-order chi connectivity index (χ0) is 19.5. The predicted molar refractivity (Wildman–Crippen MR) is 109 cm³/mol. The fourth-order valence-corrected chi connectivity index (χ4v) is 3.27. The Bertz CT molecular complexity index is 550. The summed E-state index contributed by atoms with van der Waals surface area (Å²) in [6.07, 6.45) is 11.9. The Morgan fingerprint density at radius 3 is 2.48 bits per heavy atom. The molecule has 1 fully saturated rings. The van der Waals surface area contributed by atoms with Gasteiger partial charge in [0, 0.05) is 0 Å². The van der Waals surface area contributed by atoms with Crippen LogP contribution in [0.4, 0.5) is 0 Å². The minimum absolute atomic E-state index is 0.0495. The van der Waals surface area contributed by atoms with Gasteiger partial charge in [-0.3, -0.25) is 0 Å². The second-order valence-corrected chi connectivity index (χ2v) is 7.63. The van der Waals surface area contributed by atoms with Gasteiger partial charge in [0.05, 0.1) is 20.3 Å². The minimum Gasteiger partial charge on any atom is -0.497 e. The molecule has 4 nitrogen and oxygen atoms in total. The summed E-state index contributed by atoms with van der Waals surface area (Å²) in [6, 6.07) is 7.93. The average molecular weight is 377 g/mol. The largest absolute Gasteiger partial charge is 0.497 e. The van der Waals surface area contributed by atoms with E-state index in [0.717, 1.165) is 17.7 Å². The van der Waals surface area contributed by atoms with Gasteiger partial charge in [-0.2, -0.15) is 0 Å². The molecule has 2 atom stereocenters. The van der Waals surface area contributed by atoms with Crippen LogP contribution in [0.25, 0.3) is 0 Å². The Kier molecular flexibility index (Phi) is 9.32. The SMILES string of the molecule is CCCCCCC/C=C\[C@@H]1OC(C)(C)O[C@H]1COCc1ccc(OC)cc1. The molecule has 0 aromatic heterocycles. The molecule has 4 heteroatoms. The molecule has 152 valence electrons. The maximum Gasteiger partial charge on any atom is 0.164 e. The first kappa shape index (κ1) is 21.9. The van der Waals surface area contributed by atoms with Crippen LogP contribution in [0.1, 0.15) is 64.9 Å². The number of rotatable bonds is 12. The normalized spacial score (nSPS) is 21.8. The van der Waals surface area contributed by atoms with Crippen molar-refractivity contribution >= 4 is 0 Å². The number of unbranched alkanes of at least 4 members (excludes halogenated alkanes) is 5. The third-order valence-corrected chi connectivity index (χ3v) is 4.73. The lowest BCUT2D eigenvalue weighted by atomic mass is 10.1. The molecular formula is C23H36O4. The van der Waals surface area contributed by atoms with E-state index in [1.54, 1.807) is 7.11 Å². The molecule has 1 aromatic rings. The molecule has 1 aliphatic rings. The minimum atomic E-state index is -0.565. The Morgan fingerprint density at radius 2 is 1.78 bits per heavy atom. The number of methoxy groups -OCH3 is 1. The molecule has 0 unspecified atom stereocenters. The number of hydrogen-bond acceptors (Lipinski definition) is 4. The summed E-state index contributed by atoms with van der Waals surface area (Å²) in [6.45, 7) is 7.24. The van der Waals surface area contributed by atoms with Crippen molar-refractivity contribution in [1.82, 2.24) is 0 Å². The Hall–Kier alpha value is -1.36. The molecule has 1 aliphatic heterocycles. The smallest absolute Gasteiger partial charge is 0.164 e. The average Bonchev–Trinajstić information content (AvgIpc) is 2.95. The van der Waals surface area contributed by atoms with Crippen molar-refractivity contribution in [3.05, 3.63) is 42.0 Å². The zero-order valence-corrected chi connectivity index (χ0v) is 17.4. The van der Waals surface area contributed by atoms with Gasteiger partial charge in [-0.25, -0.2) is 0 Å². The molecule has 1 aromatic carbocycles. The first-order valence-electron chi connectivity index (χ1n) is 10.3. The zero-order valence-electron chi connectivity index (χ0n) is 17.4. The number of hydrogen-bond donors (Lipinski definition) is 0. The van der Waals surface area contributed by atoms with Crippen molar-refractivity contribution < 1.29 is 18.9 Å². The first-order valence-corrected chi connectivity index (χ1v) is 10.3. The first-order chi connectivity index (χ1) is 13.0. The van der Waals surface area contributed by atoms with Crippen LogP contribution < -0.4 is 4.74 Å². The molecule has 0 radical (unpaired) electrons. The van der Waals surface area contributed by atoms with Gasteiger partial charge in [0.2, 0.25) is 0 Å². The summed E-state index contributed by atoms with van der Waals surface area (Å²) in [5, 5.41) is 0. The predicted octanol–water partition coefficient (Wildman–Crippen LogP) is 5.65. The Morgan fingerprint density at radius 1 is 1.04 bits per heavy atom. The van der Waals surface area contributed by atoms with Gasteiger partial charge in [0.15, 0.2) is 5.79 Å². The molecule has 27 heavy (non-hydrogen) atoms. The molecule has 2 rings (SSSR count). The van der Waals surface area contributed by atoms with E-state index in [0.29, 0.717) is 13.2 Å². The van der Waals surface area contributed by atoms with Crippen LogP contribution in [0.3, 0.4) is 0 Å². The molecular weight excluding hydrogens is 340 g/mol. The van der Waals surface area contributed by atoms with Crippen molar-refractivity contribution in [2.75, 3.05) is 13.7 Å². The quantitative estimate of drug-likeness (QED) is 0.349. The third kappa shape index (κ3) is 8.04. The van der Waals surface area contributed by atoms with Gasteiger partial charge in [-0.15, -0.1) is 0 Å². The third-order valence-electron chi connectivity index (χ3n) is 4.73. The van der Waals surface area contributed by atoms with Crippen molar-refractivity contribution in [3.8, 4) is 5.75 Å². The van der Waals surface area contributed by atoms with Crippen molar-refractivity contribution in [1.29, 1.82) is 0 Å². The maximum atomic E-state index is 6.03. The molecule has 0 N–H and O–H groups in total.